The molecule has 1 amide bonds. The monoisotopic (exact) mass is 435 g/mol. The van der Waals surface area contributed by atoms with Crippen molar-refractivity contribution in [3.8, 4) is 5.69 Å². The predicted octanol–water partition coefficient (Wildman–Crippen LogP) is 3.12. The molecule has 0 aliphatic carbocycles. The van der Waals surface area contributed by atoms with E-state index in [1.54, 1.807) is 16.8 Å². The van der Waals surface area contributed by atoms with Crippen LogP contribution in [0, 0.1) is 0 Å². The van der Waals surface area contributed by atoms with Crippen molar-refractivity contribution in [1.29, 1.82) is 0 Å². The Labute approximate surface area is 149 Å². The van der Waals surface area contributed by atoms with Gasteiger partial charge in [0.1, 0.15) is 0 Å². The topological polar surface area (TPSA) is 72.7 Å². The summed E-state index contributed by atoms with van der Waals surface area (Å²) < 4.78 is 3.41. The van der Waals surface area contributed by atoms with Crippen LogP contribution in [-0.4, -0.2) is 26.1 Å². The first kappa shape index (κ1) is 15.8. The van der Waals surface area contributed by atoms with E-state index in [0.29, 0.717) is 11.4 Å². The first-order valence-corrected chi connectivity index (χ1v) is 8.29. The van der Waals surface area contributed by atoms with Gasteiger partial charge < -0.3 is 5.32 Å². The second-order valence-corrected chi connectivity index (χ2v) is 6.51. The summed E-state index contributed by atoms with van der Waals surface area (Å²) in [5.74, 6) is 0.368. The summed E-state index contributed by atoms with van der Waals surface area (Å²) in [7, 11) is 0. The Morgan fingerprint density at radius 1 is 1.09 bits per heavy atom. The third-order valence-corrected chi connectivity index (χ3v) is 4.12. The van der Waals surface area contributed by atoms with Crippen molar-refractivity contribution in [2.45, 2.75) is 6.54 Å². The van der Waals surface area contributed by atoms with E-state index in [9.17, 15) is 4.79 Å². The fraction of sp³-hybridized carbons (Fsp3) is 0.0667. The smallest absolute Gasteiger partial charge is 0.251 e. The molecule has 116 valence electrons. The van der Waals surface area contributed by atoms with Crippen LogP contribution in [0.4, 0.5) is 0 Å². The van der Waals surface area contributed by atoms with Crippen LogP contribution in [0.15, 0.2) is 57.5 Å². The molecule has 0 atom stereocenters. The number of carbonyl (C=O) groups excluding carboxylic acids is 1. The van der Waals surface area contributed by atoms with Gasteiger partial charge in [-0.15, -0.1) is 5.10 Å². The molecule has 0 unspecified atom stereocenters. The van der Waals surface area contributed by atoms with Crippen LogP contribution in [0.3, 0.4) is 0 Å². The molecule has 1 N–H and O–H groups in total. The molecular formula is C15H11Br2N5O. The number of nitrogens with zero attached hydrogens (tertiary/aromatic N) is 4. The van der Waals surface area contributed by atoms with Crippen molar-refractivity contribution in [1.82, 2.24) is 25.5 Å². The highest BCUT2D eigenvalue weighted by atomic mass is 79.9. The lowest BCUT2D eigenvalue weighted by atomic mass is 10.2. The van der Waals surface area contributed by atoms with Gasteiger partial charge in [0.25, 0.3) is 5.91 Å². The highest BCUT2D eigenvalue weighted by Crippen LogP contribution is 2.14. The van der Waals surface area contributed by atoms with Crippen molar-refractivity contribution in [3.05, 3.63) is 68.9 Å². The molecule has 0 fully saturated rings. The molecule has 0 radical (unpaired) electrons. The third-order valence-electron chi connectivity index (χ3n) is 3.10. The summed E-state index contributed by atoms with van der Waals surface area (Å²) >= 11 is 6.73. The van der Waals surface area contributed by atoms with Crippen LogP contribution in [0.1, 0.15) is 16.2 Å². The maximum Gasteiger partial charge on any atom is 0.251 e. The average molecular weight is 437 g/mol. The normalized spacial score (nSPS) is 10.5. The molecule has 1 heterocycles. The summed E-state index contributed by atoms with van der Waals surface area (Å²) in [6.07, 6.45) is 0. The Kier molecular flexibility index (Phi) is 4.82. The fourth-order valence-electron chi connectivity index (χ4n) is 1.99. The molecule has 8 heteroatoms. The number of hydrogen-bond donors (Lipinski definition) is 1. The highest BCUT2D eigenvalue weighted by Gasteiger charge is 2.11. The first-order valence-electron chi connectivity index (χ1n) is 6.70. The Hall–Kier alpha value is -2.06. The van der Waals surface area contributed by atoms with Crippen molar-refractivity contribution in [2.75, 3.05) is 0 Å². The molecule has 23 heavy (non-hydrogen) atoms. The third kappa shape index (κ3) is 3.83. The zero-order valence-electron chi connectivity index (χ0n) is 11.8. The lowest BCUT2D eigenvalue weighted by Gasteiger charge is -2.07. The van der Waals surface area contributed by atoms with Crippen LogP contribution < -0.4 is 5.32 Å². The minimum atomic E-state index is -0.184. The zero-order chi connectivity index (χ0) is 16.2. The van der Waals surface area contributed by atoms with Gasteiger partial charge in [-0.3, -0.25) is 4.79 Å². The predicted molar refractivity (Wildman–Crippen MR) is 92.2 cm³/mol. The number of aromatic nitrogens is 4. The molecule has 3 aromatic rings. The van der Waals surface area contributed by atoms with E-state index in [-0.39, 0.29) is 12.5 Å². The minimum absolute atomic E-state index is 0.184. The molecule has 0 aliphatic rings. The molecule has 3 rings (SSSR count). The number of rotatable bonds is 4. The first-order chi connectivity index (χ1) is 11.1. The molecule has 0 bridgehead atoms. The van der Waals surface area contributed by atoms with E-state index in [2.05, 4.69) is 52.7 Å². The van der Waals surface area contributed by atoms with Gasteiger partial charge >= 0.3 is 0 Å². The van der Waals surface area contributed by atoms with Crippen LogP contribution in [0.2, 0.25) is 0 Å². The molecular weight excluding hydrogens is 426 g/mol. The number of benzene rings is 2. The van der Waals surface area contributed by atoms with Crippen molar-refractivity contribution in [2.24, 2.45) is 0 Å². The van der Waals surface area contributed by atoms with E-state index in [0.717, 1.165) is 14.6 Å². The number of halogens is 2. The Morgan fingerprint density at radius 3 is 2.61 bits per heavy atom. The summed E-state index contributed by atoms with van der Waals surface area (Å²) in [5, 5.41) is 14.4. The largest absolute Gasteiger partial charge is 0.345 e. The number of hydrogen-bond acceptors (Lipinski definition) is 4. The van der Waals surface area contributed by atoms with Gasteiger partial charge in [-0.2, -0.15) is 4.68 Å². The van der Waals surface area contributed by atoms with E-state index in [4.69, 9.17) is 0 Å². The second-order valence-electron chi connectivity index (χ2n) is 4.68. The van der Waals surface area contributed by atoms with Gasteiger partial charge in [0.05, 0.1) is 12.2 Å². The molecule has 6 nitrogen and oxygen atoms in total. The summed E-state index contributed by atoms with van der Waals surface area (Å²) in [6, 6.07) is 14.8. The summed E-state index contributed by atoms with van der Waals surface area (Å²) in [5.41, 5.74) is 1.40. The molecule has 0 saturated heterocycles. The average Bonchev–Trinajstić information content (AvgIpc) is 3.02. The van der Waals surface area contributed by atoms with Gasteiger partial charge in [0, 0.05) is 14.5 Å². The Bertz CT molecular complexity index is 832. The van der Waals surface area contributed by atoms with Gasteiger partial charge in [-0.05, 0) is 52.9 Å². The van der Waals surface area contributed by atoms with Crippen molar-refractivity contribution < 1.29 is 4.79 Å². The lowest BCUT2D eigenvalue weighted by molar-refractivity contribution is 0.0949. The van der Waals surface area contributed by atoms with E-state index < -0.39 is 0 Å². The molecule has 0 saturated carbocycles. The molecule has 0 aliphatic heterocycles. The Morgan fingerprint density at radius 2 is 1.87 bits per heavy atom. The lowest BCUT2D eigenvalue weighted by Crippen LogP contribution is -2.24. The zero-order valence-corrected chi connectivity index (χ0v) is 15.0. The van der Waals surface area contributed by atoms with Gasteiger partial charge in [-0.1, -0.05) is 37.9 Å². The maximum absolute atomic E-state index is 12.2. The summed E-state index contributed by atoms with van der Waals surface area (Å²) in [6.45, 7) is 0.231. The number of amides is 1. The minimum Gasteiger partial charge on any atom is -0.345 e. The van der Waals surface area contributed by atoms with Gasteiger partial charge in [0.2, 0.25) is 0 Å². The molecule has 1 aromatic heterocycles. The highest BCUT2D eigenvalue weighted by molar-refractivity contribution is 9.10. The quantitative estimate of drug-likeness (QED) is 0.681. The number of carbonyl (C=O) groups is 1. The van der Waals surface area contributed by atoms with Crippen molar-refractivity contribution >= 4 is 37.8 Å². The van der Waals surface area contributed by atoms with E-state index >= 15 is 0 Å². The number of nitrogens with one attached hydrogen (secondary N) is 1. The van der Waals surface area contributed by atoms with E-state index in [1.807, 2.05) is 36.4 Å². The van der Waals surface area contributed by atoms with Gasteiger partial charge in [-0.25, -0.2) is 0 Å². The second kappa shape index (κ2) is 7.01. The van der Waals surface area contributed by atoms with Crippen LogP contribution in [0.25, 0.3) is 5.69 Å². The maximum atomic E-state index is 12.2. The van der Waals surface area contributed by atoms with Gasteiger partial charge in [0.15, 0.2) is 5.82 Å². The molecule has 0 spiro atoms. The van der Waals surface area contributed by atoms with Crippen molar-refractivity contribution in [3.63, 3.8) is 0 Å². The van der Waals surface area contributed by atoms with E-state index in [1.165, 1.54) is 0 Å². The molecule has 2 aromatic carbocycles. The van der Waals surface area contributed by atoms with Crippen LogP contribution in [0.5, 0.6) is 0 Å². The summed E-state index contributed by atoms with van der Waals surface area (Å²) in [4.78, 5) is 12.2. The number of tetrazole rings is 1. The Balaban J connectivity index is 1.73. The SMILES string of the molecule is O=C(NCc1nnnn1-c1ccc(Br)cc1)c1cccc(Br)c1. The van der Waals surface area contributed by atoms with Crippen LogP contribution >= 0.6 is 31.9 Å². The fourth-order valence-corrected chi connectivity index (χ4v) is 2.65. The standard InChI is InChI=1S/C15H11Br2N5O/c16-11-4-6-13(7-5-11)22-14(19-20-21-22)9-18-15(23)10-2-1-3-12(17)8-10/h1-8H,9H2,(H,18,23). The van der Waals surface area contributed by atoms with Crippen LogP contribution in [-0.2, 0) is 6.54 Å².